The van der Waals surface area contributed by atoms with Gasteiger partial charge in [-0.25, -0.2) is 4.39 Å². The Morgan fingerprint density at radius 1 is 1.45 bits per heavy atom. The second-order valence-corrected chi connectivity index (χ2v) is 2.16. The molecule has 1 heterocycles. The van der Waals surface area contributed by atoms with E-state index in [4.69, 9.17) is 5.11 Å². The highest BCUT2D eigenvalue weighted by Crippen LogP contribution is 2.24. The van der Waals surface area contributed by atoms with Crippen LogP contribution in [0.3, 0.4) is 0 Å². The van der Waals surface area contributed by atoms with E-state index in [1.807, 2.05) is 0 Å². The number of fused-ring (bicyclic) bond motifs is 1. The molecule has 0 aliphatic carbocycles. The van der Waals surface area contributed by atoms with Crippen LogP contribution < -0.4 is 0 Å². The van der Waals surface area contributed by atoms with Crippen molar-refractivity contribution >= 4 is 11.0 Å². The summed E-state index contributed by atoms with van der Waals surface area (Å²) in [6, 6.07) is 2.18. The Kier molecular flexibility index (Phi) is 1.09. The lowest BCUT2D eigenvalue weighted by Gasteiger charge is -1.91. The summed E-state index contributed by atoms with van der Waals surface area (Å²) in [6.07, 6.45) is 1.34. The van der Waals surface area contributed by atoms with E-state index in [1.165, 1.54) is 12.3 Å². The van der Waals surface area contributed by atoms with Crippen molar-refractivity contribution in [2.75, 3.05) is 0 Å². The number of hydrogen-bond acceptors (Lipinski definition) is 3. The second kappa shape index (κ2) is 1.95. The predicted molar refractivity (Wildman–Crippen MR) is 35.6 cm³/mol. The maximum Gasteiger partial charge on any atom is 0.173 e. The molecule has 11 heavy (non-hydrogen) atoms. The van der Waals surface area contributed by atoms with Crippen molar-refractivity contribution in [2.24, 2.45) is 0 Å². The lowest BCUT2D eigenvalue weighted by atomic mass is 10.2. The minimum Gasteiger partial charge on any atom is -0.507 e. The average molecular weight is 153 g/mol. The van der Waals surface area contributed by atoms with Gasteiger partial charge in [0, 0.05) is 12.1 Å². The molecule has 0 saturated heterocycles. The first-order valence-corrected chi connectivity index (χ1v) is 3.00. The molecule has 1 aromatic carbocycles. The molecule has 2 rings (SSSR count). The van der Waals surface area contributed by atoms with Gasteiger partial charge in [-0.2, -0.15) is 0 Å². The zero-order valence-corrected chi connectivity index (χ0v) is 5.41. The highest BCUT2D eigenvalue weighted by Gasteiger charge is 2.05. The fourth-order valence-electron chi connectivity index (χ4n) is 0.920. The molecule has 0 bridgehead atoms. The molecule has 0 saturated carbocycles. The molecule has 0 aliphatic heterocycles. The number of aromatic hydroxyl groups is 1. The van der Waals surface area contributed by atoms with Crippen LogP contribution in [-0.2, 0) is 0 Å². The Hall–Kier alpha value is -1.58. The van der Waals surface area contributed by atoms with Crippen LogP contribution in [0.2, 0.25) is 0 Å². The van der Waals surface area contributed by atoms with Gasteiger partial charge in [-0.1, -0.05) is 5.16 Å². The van der Waals surface area contributed by atoms with Crippen LogP contribution in [0.1, 0.15) is 0 Å². The molecule has 0 amide bonds. The van der Waals surface area contributed by atoms with Gasteiger partial charge in [0.05, 0.1) is 11.6 Å². The molecule has 56 valence electrons. The van der Waals surface area contributed by atoms with Gasteiger partial charge in [0.15, 0.2) is 5.58 Å². The third kappa shape index (κ3) is 0.832. The van der Waals surface area contributed by atoms with Crippen molar-refractivity contribution in [1.29, 1.82) is 0 Å². The van der Waals surface area contributed by atoms with Crippen LogP contribution in [0.5, 0.6) is 5.75 Å². The lowest BCUT2D eigenvalue weighted by Crippen LogP contribution is -1.72. The van der Waals surface area contributed by atoms with Crippen LogP contribution in [0.4, 0.5) is 4.39 Å². The molecule has 2 aromatic rings. The van der Waals surface area contributed by atoms with Crippen molar-refractivity contribution in [3.8, 4) is 5.75 Å². The number of rotatable bonds is 0. The van der Waals surface area contributed by atoms with Crippen LogP contribution in [0.25, 0.3) is 11.0 Å². The molecule has 1 aromatic heterocycles. The maximum absolute atomic E-state index is 12.5. The molecule has 0 fully saturated rings. The number of hydrogen-bond donors (Lipinski definition) is 1. The fraction of sp³-hybridized carbons (Fsp3) is 0. The average Bonchev–Trinajstić information content (AvgIpc) is 2.34. The van der Waals surface area contributed by atoms with E-state index in [9.17, 15) is 4.39 Å². The third-order valence-corrected chi connectivity index (χ3v) is 1.42. The Balaban J connectivity index is 2.91. The quantitative estimate of drug-likeness (QED) is 0.626. The van der Waals surface area contributed by atoms with Crippen molar-refractivity contribution < 1.29 is 14.0 Å². The SMILES string of the molecule is Oc1cc(F)cc2oncc12. The normalized spacial score (nSPS) is 10.6. The Morgan fingerprint density at radius 2 is 2.27 bits per heavy atom. The van der Waals surface area contributed by atoms with Crippen LogP contribution in [0, 0.1) is 5.82 Å². The molecule has 0 unspecified atom stereocenters. The topological polar surface area (TPSA) is 46.3 Å². The zero-order chi connectivity index (χ0) is 7.84. The van der Waals surface area contributed by atoms with E-state index in [-0.39, 0.29) is 11.3 Å². The summed E-state index contributed by atoms with van der Waals surface area (Å²) >= 11 is 0. The number of halogens is 1. The largest absolute Gasteiger partial charge is 0.507 e. The van der Waals surface area contributed by atoms with Gasteiger partial charge >= 0.3 is 0 Å². The van der Waals surface area contributed by atoms with Crippen LogP contribution >= 0.6 is 0 Å². The molecule has 0 spiro atoms. The summed E-state index contributed by atoms with van der Waals surface area (Å²) in [7, 11) is 0. The van der Waals surface area contributed by atoms with Crippen LogP contribution in [0.15, 0.2) is 22.9 Å². The number of phenols is 1. The van der Waals surface area contributed by atoms with Crippen molar-refractivity contribution in [3.05, 3.63) is 24.1 Å². The monoisotopic (exact) mass is 153 g/mol. The Morgan fingerprint density at radius 3 is 3.09 bits per heavy atom. The van der Waals surface area contributed by atoms with Gasteiger partial charge in [-0.15, -0.1) is 0 Å². The standard InChI is InChI=1S/C7H4FNO2/c8-4-1-6(10)5-3-9-11-7(5)2-4/h1-3,10H. The summed E-state index contributed by atoms with van der Waals surface area (Å²) in [5.74, 6) is -0.687. The van der Waals surface area contributed by atoms with Gasteiger partial charge in [0.25, 0.3) is 0 Å². The number of aromatic nitrogens is 1. The highest BCUT2D eigenvalue weighted by atomic mass is 19.1. The summed E-state index contributed by atoms with van der Waals surface area (Å²) in [5.41, 5.74) is 0.252. The van der Waals surface area contributed by atoms with E-state index in [1.54, 1.807) is 0 Å². The maximum atomic E-state index is 12.5. The van der Waals surface area contributed by atoms with E-state index in [2.05, 4.69) is 9.68 Å². The number of benzene rings is 1. The molecule has 0 radical (unpaired) electrons. The molecule has 1 N–H and O–H groups in total. The highest BCUT2D eigenvalue weighted by molar-refractivity contribution is 5.82. The third-order valence-electron chi connectivity index (χ3n) is 1.42. The Labute approximate surface area is 61.0 Å². The molecular weight excluding hydrogens is 149 g/mol. The summed E-state index contributed by atoms with van der Waals surface area (Å²) in [4.78, 5) is 0. The van der Waals surface area contributed by atoms with E-state index >= 15 is 0 Å². The zero-order valence-electron chi connectivity index (χ0n) is 5.41. The second-order valence-electron chi connectivity index (χ2n) is 2.16. The van der Waals surface area contributed by atoms with Gasteiger partial charge in [0.1, 0.15) is 11.6 Å². The van der Waals surface area contributed by atoms with Gasteiger partial charge in [0.2, 0.25) is 0 Å². The summed E-state index contributed by atoms with van der Waals surface area (Å²) in [5, 5.41) is 12.9. The Bertz CT molecular complexity index is 396. The first kappa shape index (κ1) is 6.15. The van der Waals surface area contributed by atoms with E-state index in [0.29, 0.717) is 5.39 Å². The summed E-state index contributed by atoms with van der Waals surface area (Å²) < 4.78 is 17.2. The molecular formula is C7H4FNO2. The van der Waals surface area contributed by atoms with Gasteiger partial charge in [-0.3, -0.25) is 0 Å². The molecule has 0 atom stereocenters. The first-order valence-electron chi connectivity index (χ1n) is 3.00. The predicted octanol–water partition coefficient (Wildman–Crippen LogP) is 1.67. The molecule has 0 aliphatic rings. The van der Waals surface area contributed by atoms with Gasteiger partial charge < -0.3 is 9.63 Å². The van der Waals surface area contributed by atoms with E-state index in [0.717, 1.165) is 6.07 Å². The van der Waals surface area contributed by atoms with Crippen molar-refractivity contribution in [3.63, 3.8) is 0 Å². The molecule has 4 heteroatoms. The molecule has 3 nitrogen and oxygen atoms in total. The summed E-state index contributed by atoms with van der Waals surface area (Å²) in [6.45, 7) is 0. The van der Waals surface area contributed by atoms with Crippen LogP contribution in [-0.4, -0.2) is 10.3 Å². The number of nitrogens with zero attached hydrogens (tertiary/aromatic N) is 1. The van der Waals surface area contributed by atoms with Gasteiger partial charge in [-0.05, 0) is 0 Å². The smallest absolute Gasteiger partial charge is 0.173 e. The fourth-order valence-corrected chi connectivity index (χ4v) is 0.920. The van der Waals surface area contributed by atoms with E-state index < -0.39 is 5.82 Å². The van der Waals surface area contributed by atoms with Crippen molar-refractivity contribution in [2.45, 2.75) is 0 Å². The number of phenolic OH excluding ortho intramolecular Hbond substituents is 1. The minimum absolute atomic E-state index is 0.152. The first-order chi connectivity index (χ1) is 5.27. The van der Waals surface area contributed by atoms with Crippen molar-refractivity contribution in [1.82, 2.24) is 5.16 Å². The lowest BCUT2D eigenvalue weighted by molar-refractivity contribution is 0.452. The minimum atomic E-state index is -0.535.